The van der Waals surface area contributed by atoms with Crippen LogP contribution in [0.25, 0.3) is 10.2 Å². The molecule has 0 N–H and O–H groups in total. The van der Waals surface area contributed by atoms with E-state index < -0.39 is 0 Å². The molecule has 2 aromatic heterocycles. The van der Waals surface area contributed by atoms with Crippen molar-refractivity contribution < 1.29 is 0 Å². The average molecular weight is 260 g/mol. The lowest BCUT2D eigenvalue weighted by atomic mass is 10.2. The van der Waals surface area contributed by atoms with Gasteiger partial charge in [0.15, 0.2) is 0 Å². The molecule has 0 aliphatic carbocycles. The van der Waals surface area contributed by atoms with E-state index in [2.05, 4.69) is 23.9 Å². The highest BCUT2D eigenvalue weighted by molar-refractivity contribution is 7.18. The van der Waals surface area contributed by atoms with E-state index in [0.717, 1.165) is 11.3 Å². The maximum atomic E-state index is 12.1. The molecule has 0 fully saturated rings. The van der Waals surface area contributed by atoms with E-state index >= 15 is 0 Å². The van der Waals surface area contributed by atoms with Gasteiger partial charge in [-0.05, 0) is 25.8 Å². The standard InChI is InChI=1S/C14H16N2OS/c1-3-5-6-7-11-9-12-13(18-11)15-10-16(8-4-2)14(12)17/h9-10H,3,5-7H2,1-2H3. The Bertz CT molecular complexity index is 658. The highest BCUT2D eigenvalue weighted by atomic mass is 32.1. The van der Waals surface area contributed by atoms with Gasteiger partial charge in [0.2, 0.25) is 0 Å². The summed E-state index contributed by atoms with van der Waals surface area (Å²) >= 11 is 1.62. The van der Waals surface area contributed by atoms with E-state index in [1.54, 1.807) is 18.3 Å². The average Bonchev–Trinajstić information content (AvgIpc) is 2.77. The Balaban J connectivity index is 2.35. The quantitative estimate of drug-likeness (QED) is 0.625. The first-order valence-corrected chi connectivity index (χ1v) is 7.00. The summed E-state index contributed by atoms with van der Waals surface area (Å²) < 4.78 is 1.35. The molecule has 2 heterocycles. The van der Waals surface area contributed by atoms with Crippen molar-refractivity contribution in [2.24, 2.45) is 0 Å². The lowest BCUT2D eigenvalue weighted by molar-refractivity contribution is 0.723. The van der Waals surface area contributed by atoms with Crippen molar-refractivity contribution in [2.45, 2.75) is 39.5 Å². The number of rotatable bonds is 4. The van der Waals surface area contributed by atoms with Crippen LogP contribution in [0.4, 0.5) is 0 Å². The van der Waals surface area contributed by atoms with Gasteiger partial charge in [0.05, 0.1) is 5.39 Å². The number of nitrogens with zero attached hydrogens (tertiary/aromatic N) is 2. The van der Waals surface area contributed by atoms with Crippen LogP contribution >= 0.6 is 11.3 Å². The third kappa shape index (κ3) is 2.62. The number of unbranched alkanes of at least 4 members (excludes halogenated alkanes) is 2. The minimum absolute atomic E-state index is 0.0626. The Kier molecular flexibility index (Phi) is 4.16. The van der Waals surface area contributed by atoms with Crippen LogP contribution in [0.2, 0.25) is 0 Å². The minimum Gasteiger partial charge on any atom is -0.267 e. The van der Waals surface area contributed by atoms with Crippen LogP contribution in [-0.4, -0.2) is 9.55 Å². The van der Waals surface area contributed by atoms with E-state index in [0.29, 0.717) is 5.39 Å². The number of fused-ring (bicyclic) bond motifs is 1. The molecule has 3 nitrogen and oxygen atoms in total. The van der Waals surface area contributed by atoms with Crippen molar-refractivity contribution in [3.63, 3.8) is 0 Å². The predicted molar refractivity (Wildman–Crippen MR) is 76.0 cm³/mol. The summed E-state index contributed by atoms with van der Waals surface area (Å²) in [5, 5.41) is 0.691. The van der Waals surface area contributed by atoms with Crippen LogP contribution in [-0.2, 0) is 6.42 Å². The van der Waals surface area contributed by atoms with Gasteiger partial charge in [-0.15, -0.1) is 11.3 Å². The van der Waals surface area contributed by atoms with Crippen LogP contribution in [0, 0.1) is 12.0 Å². The zero-order valence-electron chi connectivity index (χ0n) is 10.7. The first-order valence-electron chi connectivity index (χ1n) is 6.19. The van der Waals surface area contributed by atoms with Crippen LogP contribution in [0.15, 0.2) is 17.2 Å². The van der Waals surface area contributed by atoms with Gasteiger partial charge in [0.1, 0.15) is 11.2 Å². The fourth-order valence-electron chi connectivity index (χ4n) is 1.85. The zero-order chi connectivity index (χ0) is 13.0. The molecule has 0 aliphatic rings. The molecule has 0 amide bonds. The van der Waals surface area contributed by atoms with Crippen molar-refractivity contribution in [2.75, 3.05) is 0 Å². The number of aromatic nitrogens is 2. The van der Waals surface area contributed by atoms with E-state index in [-0.39, 0.29) is 5.56 Å². The van der Waals surface area contributed by atoms with Crippen molar-refractivity contribution in [1.29, 1.82) is 0 Å². The lowest BCUT2D eigenvalue weighted by Gasteiger charge is -1.93. The Morgan fingerprint density at radius 3 is 3.00 bits per heavy atom. The van der Waals surface area contributed by atoms with Gasteiger partial charge in [-0.3, -0.25) is 4.79 Å². The number of hydrogen-bond donors (Lipinski definition) is 0. The molecule has 0 unspecified atom stereocenters. The molecule has 0 aliphatic heterocycles. The fourth-order valence-corrected chi connectivity index (χ4v) is 2.87. The molecule has 2 aromatic rings. The minimum atomic E-state index is -0.0626. The third-order valence-corrected chi connectivity index (χ3v) is 3.86. The monoisotopic (exact) mass is 260 g/mol. The van der Waals surface area contributed by atoms with Crippen molar-refractivity contribution in [1.82, 2.24) is 9.55 Å². The van der Waals surface area contributed by atoms with Gasteiger partial charge in [-0.1, -0.05) is 25.7 Å². The summed E-state index contributed by atoms with van der Waals surface area (Å²) in [7, 11) is 0. The topological polar surface area (TPSA) is 34.9 Å². The first kappa shape index (κ1) is 12.8. The smallest absolute Gasteiger partial charge is 0.267 e. The second-order valence-electron chi connectivity index (χ2n) is 4.17. The molecule has 4 heteroatoms. The molecule has 2 rings (SSSR count). The van der Waals surface area contributed by atoms with Gasteiger partial charge < -0.3 is 0 Å². The summed E-state index contributed by atoms with van der Waals surface area (Å²) in [6, 6.07) is 4.70. The van der Waals surface area contributed by atoms with Gasteiger partial charge in [0, 0.05) is 10.9 Å². The number of aryl methyl sites for hydroxylation is 1. The van der Waals surface area contributed by atoms with Crippen LogP contribution in [0.3, 0.4) is 0 Å². The predicted octanol–water partition coefficient (Wildman–Crippen LogP) is 3.02. The van der Waals surface area contributed by atoms with Gasteiger partial charge >= 0.3 is 0 Å². The van der Waals surface area contributed by atoms with E-state index in [4.69, 9.17) is 0 Å². The second-order valence-corrected chi connectivity index (χ2v) is 5.29. The normalized spacial score (nSPS) is 10.3. The van der Waals surface area contributed by atoms with Gasteiger partial charge in [0.25, 0.3) is 5.56 Å². The molecule has 0 radical (unpaired) electrons. The summed E-state index contributed by atoms with van der Waals surface area (Å²) in [5.41, 5.74) is -0.0626. The van der Waals surface area contributed by atoms with Crippen LogP contribution < -0.4 is 5.56 Å². The Morgan fingerprint density at radius 1 is 1.44 bits per heavy atom. The van der Waals surface area contributed by atoms with Crippen molar-refractivity contribution in [3.05, 3.63) is 27.6 Å². The van der Waals surface area contributed by atoms with Gasteiger partial charge in [-0.25, -0.2) is 9.55 Å². The summed E-state index contributed by atoms with van der Waals surface area (Å²) in [6.07, 6.45) is 6.16. The maximum Gasteiger partial charge on any atom is 0.273 e. The summed E-state index contributed by atoms with van der Waals surface area (Å²) in [6.45, 7) is 3.90. The molecule has 18 heavy (non-hydrogen) atoms. The largest absolute Gasteiger partial charge is 0.273 e. The molecule has 0 aromatic carbocycles. The lowest BCUT2D eigenvalue weighted by Crippen LogP contribution is -2.15. The Morgan fingerprint density at radius 2 is 2.28 bits per heavy atom. The molecular formula is C14H16N2OS. The SMILES string of the molecule is CC#Cn1cnc2sc(CCCCC)cc2c1=O. The molecule has 94 valence electrons. The fraction of sp³-hybridized carbons (Fsp3) is 0.429. The summed E-state index contributed by atoms with van der Waals surface area (Å²) in [5.74, 6) is 2.71. The number of hydrogen-bond acceptors (Lipinski definition) is 3. The molecule has 0 spiro atoms. The first-order chi connectivity index (χ1) is 8.76. The van der Waals surface area contributed by atoms with Crippen LogP contribution in [0.1, 0.15) is 38.0 Å². The highest BCUT2D eigenvalue weighted by Gasteiger charge is 2.07. The van der Waals surface area contributed by atoms with E-state index in [1.807, 2.05) is 6.07 Å². The van der Waals surface area contributed by atoms with E-state index in [9.17, 15) is 4.79 Å². The van der Waals surface area contributed by atoms with Crippen molar-refractivity contribution in [3.8, 4) is 12.0 Å². The Labute approximate surface area is 110 Å². The van der Waals surface area contributed by atoms with Gasteiger partial charge in [-0.2, -0.15) is 0 Å². The molecule has 0 saturated heterocycles. The molecule has 0 atom stereocenters. The molecule has 0 bridgehead atoms. The third-order valence-electron chi connectivity index (χ3n) is 2.76. The number of thiophene rings is 1. The Hall–Kier alpha value is -1.60. The zero-order valence-corrected chi connectivity index (χ0v) is 11.5. The van der Waals surface area contributed by atoms with E-state index in [1.165, 1.54) is 35.0 Å². The highest BCUT2D eigenvalue weighted by Crippen LogP contribution is 2.22. The van der Waals surface area contributed by atoms with Crippen molar-refractivity contribution >= 4 is 21.6 Å². The summed E-state index contributed by atoms with van der Waals surface area (Å²) in [4.78, 5) is 18.4. The molecule has 0 saturated carbocycles. The maximum absolute atomic E-state index is 12.1. The molecular weight excluding hydrogens is 244 g/mol. The van der Waals surface area contributed by atoms with Crippen LogP contribution in [0.5, 0.6) is 0 Å². The second kappa shape index (κ2) is 5.83.